The molecule has 2 rings (SSSR count). The molecular weight excluding hydrogens is 164 g/mol. The number of hydrogen-bond donors (Lipinski definition) is 0. The smallest absolute Gasteiger partial charge is 0.183 e. The zero-order chi connectivity index (χ0) is 9.42. The van der Waals surface area contributed by atoms with Gasteiger partial charge in [-0.15, -0.1) is 0 Å². The summed E-state index contributed by atoms with van der Waals surface area (Å²) in [5.74, 6) is 0.263. The van der Waals surface area contributed by atoms with E-state index in [1.165, 1.54) is 12.8 Å². The SMILES string of the molecule is CC(C)C(=O)c1cncn1C1CC1. The van der Waals surface area contributed by atoms with Crippen molar-refractivity contribution in [3.05, 3.63) is 18.2 Å². The number of carbonyl (C=O) groups excluding carboxylic acids is 1. The fourth-order valence-corrected chi connectivity index (χ4v) is 1.43. The van der Waals surface area contributed by atoms with Crippen LogP contribution in [-0.4, -0.2) is 15.3 Å². The van der Waals surface area contributed by atoms with Gasteiger partial charge in [0.15, 0.2) is 5.78 Å². The summed E-state index contributed by atoms with van der Waals surface area (Å²) in [5.41, 5.74) is 0.775. The topological polar surface area (TPSA) is 34.9 Å². The number of imidazole rings is 1. The van der Waals surface area contributed by atoms with Crippen molar-refractivity contribution in [2.24, 2.45) is 5.92 Å². The summed E-state index contributed by atoms with van der Waals surface area (Å²) >= 11 is 0. The average Bonchev–Trinajstić information content (AvgIpc) is 2.83. The van der Waals surface area contributed by atoms with Crippen LogP contribution in [0.1, 0.15) is 43.2 Å². The maximum atomic E-state index is 11.7. The number of ketones is 1. The third-order valence-corrected chi connectivity index (χ3v) is 2.38. The molecule has 13 heavy (non-hydrogen) atoms. The largest absolute Gasteiger partial charge is 0.325 e. The van der Waals surface area contributed by atoms with Gasteiger partial charge in [-0.05, 0) is 12.8 Å². The summed E-state index contributed by atoms with van der Waals surface area (Å²) in [7, 11) is 0. The molecule has 0 aliphatic heterocycles. The van der Waals surface area contributed by atoms with E-state index in [1.807, 2.05) is 18.4 Å². The second-order valence-corrected chi connectivity index (χ2v) is 3.94. The summed E-state index contributed by atoms with van der Waals surface area (Å²) in [6.45, 7) is 3.85. The summed E-state index contributed by atoms with van der Waals surface area (Å²) < 4.78 is 2.02. The summed E-state index contributed by atoms with van der Waals surface area (Å²) in [4.78, 5) is 15.7. The molecule has 1 aromatic rings. The minimum atomic E-state index is 0.0641. The van der Waals surface area contributed by atoms with E-state index in [-0.39, 0.29) is 11.7 Å². The van der Waals surface area contributed by atoms with Crippen molar-refractivity contribution in [3.8, 4) is 0 Å². The highest BCUT2D eigenvalue weighted by molar-refractivity contribution is 5.95. The van der Waals surface area contributed by atoms with E-state index < -0.39 is 0 Å². The Balaban J connectivity index is 2.28. The van der Waals surface area contributed by atoms with Crippen LogP contribution in [0, 0.1) is 5.92 Å². The van der Waals surface area contributed by atoms with E-state index in [9.17, 15) is 4.79 Å². The lowest BCUT2D eigenvalue weighted by Gasteiger charge is -2.06. The van der Waals surface area contributed by atoms with Gasteiger partial charge in [0.25, 0.3) is 0 Å². The van der Waals surface area contributed by atoms with Gasteiger partial charge in [-0.2, -0.15) is 0 Å². The molecule has 0 saturated heterocycles. The number of aromatic nitrogens is 2. The molecule has 3 heteroatoms. The highest BCUT2D eigenvalue weighted by atomic mass is 16.1. The van der Waals surface area contributed by atoms with Crippen LogP contribution in [0.3, 0.4) is 0 Å². The van der Waals surface area contributed by atoms with Crippen molar-refractivity contribution in [3.63, 3.8) is 0 Å². The van der Waals surface area contributed by atoms with E-state index in [0.29, 0.717) is 6.04 Å². The molecular formula is C10H14N2O. The average molecular weight is 178 g/mol. The molecule has 1 heterocycles. The Morgan fingerprint density at radius 3 is 2.85 bits per heavy atom. The van der Waals surface area contributed by atoms with Gasteiger partial charge in [0.1, 0.15) is 5.69 Å². The van der Waals surface area contributed by atoms with Crippen LogP contribution in [0.2, 0.25) is 0 Å². The Bertz CT molecular complexity index is 323. The van der Waals surface area contributed by atoms with Gasteiger partial charge in [-0.3, -0.25) is 4.79 Å². The van der Waals surface area contributed by atoms with Crippen molar-refractivity contribution >= 4 is 5.78 Å². The lowest BCUT2D eigenvalue weighted by atomic mass is 10.1. The molecule has 0 atom stereocenters. The molecule has 0 radical (unpaired) electrons. The minimum absolute atomic E-state index is 0.0641. The predicted molar refractivity (Wildman–Crippen MR) is 49.7 cm³/mol. The van der Waals surface area contributed by atoms with Crippen molar-refractivity contribution < 1.29 is 4.79 Å². The lowest BCUT2D eigenvalue weighted by molar-refractivity contribution is 0.0930. The van der Waals surface area contributed by atoms with E-state index >= 15 is 0 Å². The first-order chi connectivity index (χ1) is 6.20. The van der Waals surface area contributed by atoms with Gasteiger partial charge in [0.05, 0.1) is 12.5 Å². The molecule has 1 fully saturated rings. The fourth-order valence-electron chi connectivity index (χ4n) is 1.43. The Morgan fingerprint density at radius 1 is 1.62 bits per heavy atom. The Kier molecular flexibility index (Phi) is 1.94. The predicted octanol–water partition coefficient (Wildman–Crippen LogP) is 2.06. The second kappa shape index (κ2) is 2.98. The quantitative estimate of drug-likeness (QED) is 0.664. The monoisotopic (exact) mass is 178 g/mol. The van der Waals surface area contributed by atoms with Gasteiger partial charge in [-0.1, -0.05) is 13.8 Å². The summed E-state index contributed by atoms with van der Waals surface area (Å²) in [6.07, 6.45) is 5.83. The van der Waals surface area contributed by atoms with Crippen molar-refractivity contribution in [2.45, 2.75) is 32.7 Å². The minimum Gasteiger partial charge on any atom is -0.325 e. The molecule has 1 aliphatic carbocycles. The Morgan fingerprint density at radius 2 is 2.31 bits per heavy atom. The molecule has 0 bridgehead atoms. The molecule has 1 aromatic heterocycles. The van der Waals surface area contributed by atoms with Crippen molar-refractivity contribution in [2.75, 3.05) is 0 Å². The highest BCUT2D eigenvalue weighted by Crippen LogP contribution is 2.35. The van der Waals surface area contributed by atoms with Gasteiger partial charge in [0, 0.05) is 12.0 Å². The van der Waals surface area contributed by atoms with Crippen molar-refractivity contribution in [1.29, 1.82) is 0 Å². The molecule has 0 spiro atoms. The van der Waals surface area contributed by atoms with E-state index in [4.69, 9.17) is 0 Å². The molecule has 0 N–H and O–H groups in total. The van der Waals surface area contributed by atoms with Crippen LogP contribution in [0.5, 0.6) is 0 Å². The first kappa shape index (κ1) is 8.48. The first-order valence-corrected chi connectivity index (χ1v) is 4.76. The lowest BCUT2D eigenvalue weighted by Crippen LogP contribution is -2.12. The zero-order valence-corrected chi connectivity index (χ0v) is 8.03. The summed E-state index contributed by atoms with van der Waals surface area (Å²) in [6, 6.07) is 0.542. The number of hydrogen-bond acceptors (Lipinski definition) is 2. The fraction of sp³-hybridized carbons (Fsp3) is 0.600. The third-order valence-electron chi connectivity index (χ3n) is 2.38. The normalized spacial score (nSPS) is 16.5. The number of carbonyl (C=O) groups is 1. The van der Waals surface area contributed by atoms with Crippen LogP contribution in [0.25, 0.3) is 0 Å². The van der Waals surface area contributed by atoms with Crippen LogP contribution in [0.15, 0.2) is 12.5 Å². The molecule has 1 aliphatic rings. The van der Waals surface area contributed by atoms with Crippen LogP contribution < -0.4 is 0 Å². The first-order valence-electron chi connectivity index (χ1n) is 4.76. The van der Waals surface area contributed by atoms with Gasteiger partial charge in [-0.25, -0.2) is 4.98 Å². The molecule has 0 aromatic carbocycles. The van der Waals surface area contributed by atoms with Gasteiger partial charge < -0.3 is 4.57 Å². The maximum absolute atomic E-state index is 11.7. The number of rotatable bonds is 3. The Hall–Kier alpha value is -1.12. The molecule has 0 amide bonds. The highest BCUT2D eigenvalue weighted by Gasteiger charge is 2.27. The number of Topliss-reactive ketones (excluding diaryl/α,β-unsaturated/α-hetero) is 1. The van der Waals surface area contributed by atoms with Crippen LogP contribution >= 0.6 is 0 Å². The van der Waals surface area contributed by atoms with Crippen LogP contribution in [-0.2, 0) is 0 Å². The van der Waals surface area contributed by atoms with E-state index in [1.54, 1.807) is 12.5 Å². The zero-order valence-electron chi connectivity index (χ0n) is 8.03. The molecule has 1 saturated carbocycles. The van der Waals surface area contributed by atoms with Gasteiger partial charge in [0.2, 0.25) is 0 Å². The van der Waals surface area contributed by atoms with E-state index in [2.05, 4.69) is 4.98 Å². The standard InChI is InChI=1S/C10H14N2O/c1-7(2)10(13)9-5-11-6-12(9)8-3-4-8/h5-8H,3-4H2,1-2H3. The molecule has 3 nitrogen and oxygen atoms in total. The summed E-state index contributed by atoms with van der Waals surface area (Å²) in [5, 5.41) is 0. The molecule has 0 unspecified atom stereocenters. The van der Waals surface area contributed by atoms with Crippen molar-refractivity contribution in [1.82, 2.24) is 9.55 Å². The van der Waals surface area contributed by atoms with E-state index in [0.717, 1.165) is 5.69 Å². The Labute approximate surface area is 77.8 Å². The van der Waals surface area contributed by atoms with Gasteiger partial charge >= 0.3 is 0 Å². The number of nitrogens with zero attached hydrogens (tertiary/aromatic N) is 2. The third kappa shape index (κ3) is 1.50. The van der Waals surface area contributed by atoms with Crippen LogP contribution in [0.4, 0.5) is 0 Å². The molecule has 70 valence electrons. The maximum Gasteiger partial charge on any atom is 0.183 e. The second-order valence-electron chi connectivity index (χ2n) is 3.94.